The highest BCUT2D eigenvalue weighted by Gasteiger charge is 2.44. The van der Waals surface area contributed by atoms with Gasteiger partial charge in [0.15, 0.2) is 0 Å². The Hall–Kier alpha value is -3.12. The molecule has 3 aliphatic carbocycles. The number of nitrogens with one attached hydrogen (secondary N) is 3. The van der Waals surface area contributed by atoms with Gasteiger partial charge < -0.3 is 15.6 Å². The highest BCUT2D eigenvalue weighted by molar-refractivity contribution is 5.65. The van der Waals surface area contributed by atoms with Crippen LogP contribution in [0, 0.1) is 17.8 Å². The maximum absolute atomic E-state index is 4.43. The molecule has 0 saturated heterocycles. The van der Waals surface area contributed by atoms with Crippen molar-refractivity contribution in [2.24, 2.45) is 17.8 Å². The van der Waals surface area contributed by atoms with Gasteiger partial charge in [-0.15, -0.1) is 6.58 Å². The fourth-order valence-electron chi connectivity index (χ4n) is 5.33. The zero-order valence-electron chi connectivity index (χ0n) is 23.7. The van der Waals surface area contributed by atoms with Crippen molar-refractivity contribution in [1.29, 1.82) is 0 Å². The van der Waals surface area contributed by atoms with Crippen LogP contribution in [0.4, 0.5) is 5.69 Å². The molecule has 0 aliphatic heterocycles. The largest absolute Gasteiger partial charge is 0.388 e. The number of likely N-dealkylation sites (N-methyl/N-ethyl adjacent to an activating group) is 1. The Morgan fingerprint density at radius 3 is 2.08 bits per heavy atom. The van der Waals surface area contributed by atoms with Crippen LogP contribution >= 0.6 is 0 Å². The molecule has 2 aromatic heterocycles. The van der Waals surface area contributed by atoms with E-state index in [0.29, 0.717) is 18.0 Å². The fourth-order valence-corrected chi connectivity index (χ4v) is 5.33. The minimum absolute atomic E-state index is 0.419. The predicted octanol–water partition coefficient (Wildman–Crippen LogP) is 7.30. The van der Waals surface area contributed by atoms with Crippen molar-refractivity contribution in [1.82, 2.24) is 25.1 Å². The Bertz CT molecular complexity index is 1130. The highest BCUT2D eigenvalue weighted by atomic mass is 15.3. The zero-order chi connectivity index (χ0) is 27.1. The maximum atomic E-state index is 4.43. The smallest absolute Gasteiger partial charge is 0.0929 e. The first-order chi connectivity index (χ1) is 18.5. The fraction of sp³-hybridized carbons (Fsp3) is 0.500. The van der Waals surface area contributed by atoms with E-state index in [2.05, 4.69) is 90.1 Å². The number of hydrogen-bond donors (Lipinski definition) is 3. The number of aromatic nitrogens is 4. The Morgan fingerprint density at radius 1 is 0.974 bits per heavy atom. The number of aromatic amines is 1. The van der Waals surface area contributed by atoms with Crippen molar-refractivity contribution in [2.45, 2.75) is 70.4 Å². The summed E-state index contributed by atoms with van der Waals surface area (Å²) in [6.45, 7) is 11.8. The Labute approximate surface area is 229 Å². The summed E-state index contributed by atoms with van der Waals surface area (Å²) in [6.07, 6.45) is 16.0. The summed E-state index contributed by atoms with van der Waals surface area (Å²) in [4.78, 5) is 7.70. The average Bonchev–Trinajstić information content (AvgIpc) is 3.88. The van der Waals surface area contributed by atoms with Gasteiger partial charge in [-0.3, -0.25) is 4.68 Å². The summed E-state index contributed by atoms with van der Waals surface area (Å²) in [5.41, 5.74) is 5.83. The van der Waals surface area contributed by atoms with Gasteiger partial charge in [0.2, 0.25) is 0 Å². The molecule has 0 spiro atoms. The third-order valence-corrected chi connectivity index (χ3v) is 7.84. The van der Waals surface area contributed by atoms with E-state index in [-0.39, 0.29) is 0 Å². The quantitative estimate of drug-likeness (QED) is 0.248. The minimum atomic E-state index is 0.419. The van der Waals surface area contributed by atoms with Crippen molar-refractivity contribution in [3.05, 3.63) is 73.5 Å². The maximum Gasteiger partial charge on any atom is 0.0929 e. The van der Waals surface area contributed by atoms with E-state index in [0.717, 1.165) is 34.8 Å². The molecule has 3 fully saturated rings. The van der Waals surface area contributed by atoms with Crippen molar-refractivity contribution in [3.8, 4) is 11.3 Å². The van der Waals surface area contributed by atoms with E-state index in [1.807, 2.05) is 23.9 Å². The van der Waals surface area contributed by atoms with Gasteiger partial charge >= 0.3 is 0 Å². The van der Waals surface area contributed by atoms with Crippen LogP contribution in [-0.2, 0) is 0 Å². The number of benzene rings is 1. The van der Waals surface area contributed by atoms with Crippen LogP contribution in [0.5, 0.6) is 0 Å². The Kier molecular flexibility index (Phi) is 9.62. The molecule has 3 saturated carbocycles. The van der Waals surface area contributed by atoms with Crippen molar-refractivity contribution < 1.29 is 0 Å². The molecule has 1 unspecified atom stereocenters. The summed E-state index contributed by atoms with van der Waals surface area (Å²) in [7, 11) is 3.99. The first-order valence-corrected chi connectivity index (χ1v) is 14.3. The van der Waals surface area contributed by atoms with Crippen LogP contribution in [0.3, 0.4) is 0 Å². The lowest BCUT2D eigenvalue weighted by Crippen LogP contribution is -2.34. The van der Waals surface area contributed by atoms with Gasteiger partial charge in [0.05, 0.1) is 17.7 Å². The van der Waals surface area contributed by atoms with E-state index < -0.39 is 0 Å². The number of H-pyrrole nitrogens is 1. The molecule has 3 aliphatic rings. The first-order valence-electron chi connectivity index (χ1n) is 14.3. The third-order valence-electron chi connectivity index (χ3n) is 7.84. The second-order valence-corrected chi connectivity index (χ2v) is 11.1. The molecule has 204 valence electrons. The van der Waals surface area contributed by atoms with Crippen LogP contribution in [0.2, 0.25) is 0 Å². The molecule has 0 radical (unpaired) electrons. The molecule has 0 bridgehead atoms. The molecule has 6 rings (SSSR count). The van der Waals surface area contributed by atoms with Crippen molar-refractivity contribution in [2.75, 3.05) is 19.4 Å². The van der Waals surface area contributed by atoms with E-state index >= 15 is 0 Å². The molecule has 1 aromatic carbocycles. The van der Waals surface area contributed by atoms with Gasteiger partial charge in [-0.25, -0.2) is 4.98 Å². The highest BCUT2D eigenvalue weighted by Crippen LogP contribution is 2.50. The van der Waals surface area contributed by atoms with E-state index in [1.165, 1.54) is 49.8 Å². The number of rotatable bonds is 10. The molecule has 1 atom stereocenters. The van der Waals surface area contributed by atoms with E-state index in [1.54, 1.807) is 12.5 Å². The van der Waals surface area contributed by atoms with Crippen LogP contribution in [0.25, 0.3) is 17.3 Å². The zero-order valence-corrected chi connectivity index (χ0v) is 23.7. The molecule has 6 nitrogen and oxygen atoms in total. The molecule has 3 aromatic rings. The summed E-state index contributed by atoms with van der Waals surface area (Å²) in [6, 6.07) is 11.4. The van der Waals surface area contributed by atoms with Crippen LogP contribution in [0.1, 0.15) is 75.7 Å². The standard InChI is InChI=1S/C13H15N3.C11H19N.C8H12N2/c1-14-11-6-4-10(5-7-11)13-12(9-2-3-9)15-8-16-13;1-3-10(12-2)11(8-4-5-8)9-6-7-9;1-4-8-5-6-9-10(8)7(2)3/h4-9,14H,2-3H2,1H3,(H,15,16);3,8-12H,1,4-7H2,2H3;4-7H,1H2,2-3H3. The summed E-state index contributed by atoms with van der Waals surface area (Å²) in [5.74, 6) is 3.66. The molecular weight excluding hydrogens is 468 g/mol. The lowest BCUT2D eigenvalue weighted by molar-refractivity contribution is 0.336. The van der Waals surface area contributed by atoms with Crippen LogP contribution < -0.4 is 10.6 Å². The monoisotopic (exact) mass is 514 g/mol. The van der Waals surface area contributed by atoms with E-state index in [9.17, 15) is 0 Å². The van der Waals surface area contributed by atoms with Crippen molar-refractivity contribution in [3.63, 3.8) is 0 Å². The second kappa shape index (κ2) is 13.1. The Morgan fingerprint density at radius 2 is 1.63 bits per heavy atom. The van der Waals surface area contributed by atoms with Gasteiger partial charge in [-0.2, -0.15) is 5.10 Å². The van der Waals surface area contributed by atoms with Gasteiger partial charge in [0, 0.05) is 48.2 Å². The van der Waals surface area contributed by atoms with Crippen LogP contribution in [0.15, 0.2) is 62.1 Å². The number of imidazole rings is 1. The van der Waals surface area contributed by atoms with E-state index in [4.69, 9.17) is 0 Å². The lowest BCUT2D eigenvalue weighted by Gasteiger charge is -2.23. The number of hydrogen-bond acceptors (Lipinski definition) is 4. The minimum Gasteiger partial charge on any atom is -0.388 e. The Balaban J connectivity index is 0.000000137. The topological polar surface area (TPSA) is 70.6 Å². The van der Waals surface area contributed by atoms with Gasteiger partial charge in [-0.05, 0) is 101 Å². The number of anilines is 1. The normalized spacial score (nSPS) is 17.2. The van der Waals surface area contributed by atoms with Crippen LogP contribution in [-0.4, -0.2) is 39.9 Å². The molecule has 38 heavy (non-hydrogen) atoms. The SMILES string of the molecule is C=CC(NC)C(C1CC1)C1CC1.C=Cc1ccnn1C(C)C.CNc1ccc(-c2nc[nH]c2C2CC2)cc1. The predicted molar refractivity (Wildman–Crippen MR) is 160 cm³/mol. The average molecular weight is 515 g/mol. The molecule has 6 heteroatoms. The lowest BCUT2D eigenvalue weighted by atomic mass is 9.89. The summed E-state index contributed by atoms with van der Waals surface area (Å²) in [5, 5.41) is 10.6. The molecular formula is C32H46N6. The van der Waals surface area contributed by atoms with Gasteiger partial charge in [-0.1, -0.05) is 24.8 Å². The first kappa shape index (κ1) is 27.9. The van der Waals surface area contributed by atoms with Gasteiger partial charge in [0.1, 0.15) is 0 Å². The molecule has 2 heterocycles. The molecule has 3 N–H and O–H groups in total. The molecule has 0 amide bonds. The summed E-state index contributed by atoms with van der Waals surface area (Å²) >= 11 is 0. The number of nitrogens with zero attached hydrogens (tertiary/aromatic N) is 3. The van der Waals surface area contributed by atoms with Crippen molar-refractivity contribution >= 4 is 11.8 Å². The summed E-state index contributed by atoms with van der Waals surface area (Å²) < 4.78 is 1.94. The second-order valence-electron chi connectivity index (χ2n) is 11.1. The van der Waals surface area contributed by atoms with Gasteiger partial charge in [0.25, 0.3) is 0 Å². The third kappa shape index (κ3) is 7.25.